The normalized spacial score (nSPS) is 33.8. The second-order valence-electron chi connectivity index (χ2n) is 7.58. The molecule has 1 aromatic carbocycles. The predicted molar refractivity (Wildman–Crippen MR) is 98.0 cm³/mol. The largest absolute Gasteiger partial charge is 0.387 e. The van der Waals surface area contributed by atoms with Gasteiger partial charge >= 0.3 is 0 Å². The van der Waals surface area contributed by atoms with E-state index in [9.17, 15) is 28.5 Å². The zero-order chi connectivity index (χ0) is 20.4. The van der Waals surface area contributed by atoms with E-state index in [-0.39, 0.29) is 11.5 Å². The van der Waals surface area contributed by atoms with Crippen molar-refractivity contribution >= 4 is 11.6 Å². The number of allylic oxidation sites excluding steroid dienone is 1. The number of alkyl halides is 1. The third-order valence-corrected chi connectivity index (χ3v) is 6.12. The van der Waals surface area contributed by atoms with Crippen LogP contribution in [-0.4, -0.2) is 46.4 Å². The first-order valence-corrected chi connectivity index (χ1v) is 9.76. The Morgan fingerprint density at radius 2 is 1.75 bits per heavy atom. The number of halogens is 4. The number of aliphatic hydroxyl groups is 3. The summed E-state index contributed by atoms with van der Waals surface area (Å²) >= 11 is 6.30. The predicted octanol–water partition coefficient (Wildman–Crippen LogP) is 3.72. The van der Waals surface area contributed by atoms with E-state index in [1.807, 2.05) is 0 Å². The van der Waals surface area contributed by atoms with Gasteiger partial charge < -0.3 is 20.1 Å². The van der Waals surface area contributed by atoms with Crippen LogP contribution >= 0.6 is 11.6 Å². The van der Waals surface area contributed by atoms with Gasteiger partial charge in [0.1, 0.15) is 37.2 Å². The van der Waals surface area contributed by atoms with Gasteiger partial charge in [0, 0.05) is 5.02 Å². The molecule has 0 amide bonds. The average Bonchev–Trinajstić information content (AvgIpc) is 2.69. The molecule has 1 heterocycles. The smallest absolute Gasteiger partial charge is 0.269 e. The Balaban J connectivity index is 1.75. The van der Waals surface area contributed by atoms with Gasteiger partial charge in [-0.1, -0.05) is 23.7 Å². The quantitative estimate of drug-likeness (QED) is 0.694. The van der Waals surface area contributed by atoms with Gasteiger partial charge in [-0.15, -0.1) is 0 Å². The summed E-state index contributed by atoms with van der Waals surface area (Å²) in [6.07, 6.45) is -5.65. The van der Waals surface area contributed by atoms with Crippen LogP contribution in [0.3, 0.4) is 0 Å². The second kappa shape index (κ2) is 9.13. The minimum absolute atomic E-state index is 0.207. The Bertz CT molecular complexity index is 713. The molecule has 0 aromatic heterocycles. The summed E-state index contributed by atoms with van der Waals surface area (Å²) in [7, 11) is 0. The van der Waals surface area contributed by atoms with E-state index in [0.29, 0.717) is 42.7 Å². The van der Waals surface area contributed by atoms with E-state index in [4.69, 9.17) is 16.3 Å². The fraction of sp³-hybridized carbons (Fsp3) is 0.600. The summed E-state index contributed by atoms with van der Waals surface area (Å²) in [6.45, 7) is -0.995. The van der Waals surface area contributed by atoms with E-state index in [2.05, 4.69) is 0 Å². The molecule has 8 heteroatoms. The van der Waals surface area contributed by atoms with Crippen molar-refractivity contribution < 1.29 is 33.2 Å². The lowest BCUT2D eigenvalue weighted by molar-refractivity contribution is -0.227. The molecule has 1 aromatic rings. The number of ether oxygens (including phenoxy) is 1. The molecule has 28 heavy (non-hydrogen) atoms. The molecular formula is C20H24ClF3O4. The fourth-order valence-electron chi connectivity index (χ4n) is 4.01. The van der Waals surface area contributed by atoms with Crippen LogP contribution in [0.5, 0.6) is 0 Å². The third kappa shape index (κ3) is 4.54. The first kappa shape index (κ1) is 21.6. The van der Waals surface area contributed by atoms with Crippen LogP contribution in [0.4, 0.5) is 13.2 Å². The summed E-state index contributed by atoms with van der Waals surface area (Å²) in [5.74, 6) is 0.207. The molecule has 1 aliphatic carbocycles. The van der Waals surface area contributed by atoms with Crippen molar-refractivity contribution in [2.45, 2.75) is 62.6 Å². The first-order valence-electron chi connectivity index (χ1n) is 9.38. The molecule has 0 spiro atoms. The molecule has 1 aliphatic heterocycles. The Morgan fingerprint density at radius 3 is 2.36 bits per heavy atom. The first-order chi connectivity index (χ1) is 13.3. The molecule has 156 valence electrons. The van der Waals surface area contributed by atoms with E-state index < -0.39 is 43.3 Å². The van der Waals surface area contributed by atoms with Crippen molar-refractivity contribution in [1.82, 2.24) is 0 Å². The van der Waals surface area contributed by atoms with Crippen LogP contribution < -0.4 is 0 Å². The number of hydrogen-bond donors (Lipinski definition) is 3. The van der Waals surface area contributed by atoms with Gasteiger partial charge in [0.2, 0.25) is 0 Å². The molecule has 1 saturated heterocycles. The molecule has 3 rings (SSSR count). The Morgan fingerprint density at radius 1 is 1.07 bits per heavy atom. The topological polar surface area (TPSA) is 69.9 Å². The van der Waals surface area contributed by atoms with Crippen LogP contribution in [0.15, 0.2) is 29.9 Å². The van der Waals surface area contributed by atoms with Crippen LogP contribution in [0, 0.1) is 5.92 Å². The van der Waals surface area contributed by atoms with Crippen LogP contribution in [0.25, 0.3) is 0 Å². The minimum Gasteiger partial charge on any atom is -0.387 e. The molecule has 0 bridgehead atoms. The molecule has 2 fully saturated rings. The lowest BCUT2D eigenvalue weighted by Crippen LogP contribution is -2.54. The van der Waals surface area contributed by atoms with Crippen molar-refractivity contribution in [3.05, 3.63) is 46.0 Å². The van der Waals surface area contributed by atoms with Crippen molar-refractivity contribution in [2.24, 2.45) is 5.92 Å². The number of aliphatic hydroxyl groups excluding tert-OH is 3. The zero-order valence-corrected chi connectivity index (χ0v) is 16.0. The highest BCUT2D eigenvalue weighted by Crippen LogP contribution is 2.37. The van der Waals surface area contributed by atoms with Gasteiger partial charge in [-0.25, -0.2) is 4.39 Å². The van der Waals surface area contributed by atoms with Crippen LogP contribution in [-0.2, 0) is 11.2 Å². The summed E-state index contributed by atoms with van der Waals surface area (Å²) in [4.78, 5) is 0. The van der Waals surface area contributed by atoms with Gasteiger partial charge in [-0.05, 0) is 60.8 Å². The van der Waals surface area contributed by atoms with Gasteiger partial charge in [0.25, 0.3) is 6.08 Å². The number of rotatable bonds is 4. The van der Waals surface area contributed by atoms with Gasteiger partial charge in [0.05, 0.1) is 0 Å². The molecule has 2 aliphatic rings. The van der Waals surface area contributed by atoms with Crippen molar-refractivity contribution in [1.29, 1.82) is 0 Å². The highest BCUT2D eigenvalue weighted by Gasteiger charge is 2.44. The monoisotopic (exact) mass is 420 g/mol. The molecule has 0 radical (unpaired) electrons. The summed E-state index contributed by atoms with van der Waals surface area (Å²) in [5, 5.41) is 30.6. The Labute approximate surface area is 166 Å². The molecule has 1 saturated carbocycles. The average molecular weight is 421 g/mol. The van der Waals surface area contributed by atoms with E-state index >= 15 is 0 Å². The molecule has 3 N–H and O–H groups in total. The molecule has 4 nitrogen and oxygen atoms in total. The number of hydrogen-bond acceptors (Lipinski definition) is 4. The standard InChI is InChI=1S/C20H24ClF3O4/c21-14-6-5-12(19-18(27)17(26)16(25)15(9-22)28-19)8-13(14)7-10-1-3-11(4-2-10)20(23)24/h5-6,8,10,15-19,25-27H,1-4,7,9H2/t15-,16-,17+,18-,19+/m1/s1. The lowest BCUT2D eigenvalue weighted by atomic mass is 9.82. The third-order valence-electron chi connectivity index (χ3n) is 5.75. The summed E-state index contributed by atoms with van der Waals surface area (Å²) in [5.41, 5.74) is 1.52. The molecule has 5 atom stereocenters. The van der Waals surface area contributed by atoms with Crippen molar-refractivity contribution in [3.63, 3.8) is 0 Å². The summed E-state index contributed by atoms with van der Waals surface area (Å²) in [6, 6.07) is 5.00. The van der Waals surface area contributed by atoms with Crippen molar-refractivity contribution in [3.8, 4) is 0 Å². The second-order valence-corrected chi connectivity index (χ2v) is 7.99. The number of benzene rings is 1. The molecule has 0 unspecified atom stereocenters. The minimum atomic E-state index is -1.58. The van der Waals surface area contributed by atoms with Crippen molar-refractivity contribution in [2.75, 3.05) is 6.67 Å². The Hall–Kier alpha value is -1.12. The zero-order valence-electron chi connectivity index (χ0n) is 15.2. The van der Waals surface area contributed by atoms with Gasteiger partial charge in [-0.2, -0.15) is 8.78 Å². The highest BCUT2D eigenvalue weighted by atomic mass is 35.5. The van der Waals surface area contributed by atoms with E-state index in [1.54, 1.807) is 18.2 Å². The van der Waals surface area contributed by atoms with Crippen LogP contribution in [0.2, 0.25) is 5.02 Å². The van der Waals surface area contributed by atoms with E-state index in [0.717, 1.165) is 5.56 Å². The SMILES string of the molecule is O[C@@H]1[C@@H](O)[C@H](c2ccc(Cl)c(CC3CCC(=C(F)F)CC3)c2)O[C@H](CF)[C@H]1O. The van der Waals surface area contributed by atoms with Crippen LogP contribution in [0.1, 0.15) is 42.9 Å². The van der Waals surface area contributed by atoms with E-state index in [1.165, 1.54) is 0 Å². The van der Waals surface area contributed by atoms with Gasteiger partial charge in [-0.3, -0.25) is 0 Å². The fourth-order valence-corrected chi connectivity index (χ4v) is 4.21. The highest BCUT2D eigenvalue weighted by molar-refractivity contribution is 6.31. The Kier molecular flexibility index (Phi) is 7.04. The maximum absolute atomic E-state index is 13.1. The maximum atomic E-state index is 13.1. The van der Waals surface area contributed by atoms with Gasteiger partial charge in [0.15, 0.2) is 0 Å². The summed E-state index contributed by atoms with van der Waals surface area (Å²) < 4.78 is 44.0. The maximum Gasteiger partial charge on any atom is 0.269 e. The lowest BCUT2D eigenvalue weighted by Gasteiger charge is -2.40. The molecular weight excluding hydrogens is 397 g/mol.